The number of hydrogen-bond acceptors (Lipinski definition) is 1. The van der Waals surface area contributed by atoms with E-state index in [9.17, 15) is 0 Å². The van der Waals surface area contributed by atoms with Crippen molar-refractivity contribution in [3.8, 4) is 0 Å². The Hall–Kier alpha value is 0.440. The van der Waals surface area contributed by atoms with Crippen LogP contribution >= 0.6 is 15.9 Å². The molecule has 1 heterocycles. The van der Waals surface area contributed by atoms with E-state index in [0.717, 1.165) is 11.9 Å². The largest absolute Gasteiger partial charge is 0.374 e. The molecule has 0 aromatic rings. The molecule has 1 saturated heterocycles. The second-order valence-electron chi connectivity index (χ2n) is 3.66. The fraction of sp³-hybridized carbons (Fsp3) is 1.00. The third-order valence-corrected chi connectivity index (χ3v) is 3.61. The minimum atomic E-state index is 0.137. The van der Waals surface area contributed by atoms with Gasteiger partial charge in [0.25, 0.3) is 0 Å². The molecule has 11 heavy (non-hydrogen) atoms. The highest BCUT2D eigenvalue weighted by atomic mass is 79.9. The summed E-state index contributed by atoms with van der Waals surface area (Å²) >= 11 is 3.54. The molecular formula is C9H17BrO. The molecule has 0 saturated carbocycles. The number of hydrogen-bond donors (Lipinski definition) is 0. The first-order chi connectivity index (χ1) is 5.21. The lowest BCUT2D eigenvalue weighted by Gasteiger charge is -2.39. The van der Waals surface area contributed by atoms with Crippen LogP contribution in [0.25, 0.3) is 0 Å². The Balaban J connectivity index is 2.57. The lowest BCUT2D eigenvalue weighted by atomic mass is 9.85. The Morgan fingerprint density at radius 2 is 2.18 bits per heavy atom. The Kier molecular flexibility index (Phi) is 3.38. The van der Waals surface area contributed by atoms with E-state index in [1.807, 2.05) is 0 Å². The van der Waals surface area contributed by atoms with E-state index in [-0.39, 0.29) is 5.60 Å². The first-order valence-electron chi connectivity index (χ1n) is 4.41. The summed E-state index contributed by atoms with van der Waals surface area (Å²) in [7, 11) is 0. The summed E-state index contributed by atoms with van der Waals surface area (Å²) < 4.78 is 5.83. The van der Waals surface area contributed by atoms with Crippen LogP contribution in [0.2, 0.25) is 0 Å². The highest BCUT2D eigenvalue weighted by molar-refractivity contribution is 9.09. The van der Waals surface area contributed by atoms with Crippen molar-refractivity contribution in [2.24, 2.45) is 5.92 Å². The second-order valence-corrected chi connectivity index (χ2v) is 4.22. The van der Waals surface area contributed by atoms with Gasteiger partial charge in [0.2, 0.25) is 0 Å². The van der Waals surface area contributed by atoms with Gasteiger partial charge in [-0.05, 0) is 25.2 Å². The van der Waals surface area contributed by atoms with Gasteiger partial charge in [-0.1, -0.05) is 29.8 Å². The fourth-order valence-electron chi connectivity index (χ4n) is 1.59. The van der Waals surface area contributed by atoms with Crippen molar-refractivity contribution >= 4 is 15.9 Å². The lowest BCUT2D eigenvalue weighted by Crippen LogP contribution is -2.42. The van der Waals surface area contributed by atoms with E-state index in [1.165, 1.54) is 19.3 Å². The van der Waals surface area contributed by atoms with Crippen LogP contribution in [0.4, 0.5) is 0 Å². The van der Waals surface area contributed by atoms with E-state index >= 15 is 0 Å². The quantitative estimate of drug-likeness (QED) is 0.651. The molecule has 0 aliphatic carbocycles. The zero-order valence-electron chi connectivity index (χ0n) is 7.40. The van der Waals surface area contributed by atoms with Gasteiger partial charge in [-0.25, -0.2) is 0 Å². The molecule has 0 bridgehead atoms. The average molecular weight is 221 g/mol. The maximum absolute atomic E-state index is 5.83. The first kappa shape index (κ1) is 9.53. The van der Waals surface area contributed by atoms with Gasteiger partial charge in [-0.2, -0.15) is 0 Å². The van der Waals surface area contributed by atoms with Gasteiger partial charge in [0.1, 0.15) is 0 Å². The van der Waals surface area contributed by atoms with Gasteiger partial charge >= 0.3 is 0 Å². The highest BCUT2D eigenvalue weighted by Crippen LogP contribution is 2.33. The summed E-state index contributed by atoms with van der Waals surface area (Å²) in [5, 5.41) is 0.984. The van der Waals surface area contributed by atoms with Crippen LogP contribution in [0.1, 0.15) is 33.1 Å². The molecule has 0 aromatic heterocycles. The summed E-state index contributed by atoms with van der Waals surface area (Å²) in [5.41, 5.74) is 0.137. The maximum atomic E-state index is 5.83. The van der Waals surface area contributed by atoms with Crippen molar-refractivity contribution < 1.29 is 4.74 Å². The molecule has 2 heteroatoms. The predicted molar refractivity (Wildman–Crippen MR) is 51.2 cm³/mol. The van der Waals surface area contributed by atoms with Crippen molar-refractivity contribution in [2.75, 3.05) is 11.9 Å². The molecule has 1 aliphatic heterocycles. The molecule has 1 rings (SSSR count). The van der Waals surface area contributed by atoms with E-state index in [4.69, 9.17) is 4.74 Å². The van der Waals surface area contributed by atoms with Gasteiger partial charge in [0, 0.05) is 11.9 Å². The topological polar surface area (TPSA) is 9.23 Å². The molecule has 0 aromatic carbocycles. The molecule has 1 atom stereocenters. The minimum Gasteiger partial charge on any atom is -0.374 e. The van der Waals surface area contributed by atoms with Crippen LogP contribution in [-0.2, 0) is 4.74 Å². The lowest BCUT2D eigenvalue weighted by molar-refractivity contribution is -0.0899. The summed E-state index contributed by atoms with van der Waals surface area (Å²) in [5.74, 6) is 0.627. The Morgan fingerprint density at radius 1 is 1.45 bits per heavy atom. The fourth-order valence-corrected chi connectivity index (χ4v) is 2.68. The van der Waals surface area contributed by atoms with Crippen LogP contribution < -0.4 is 0 Å². The molecule has 0 spiro atoms. The summed E-state index contributed by atoms with van der Waals surface area (Å²) in [6.45, 7) is 5.43. The van der Waals surface area contributed by atoms with Crippen molar-refractivity contribution in [3.63, 3.8) is 0 Å². The Morgan fingerprint density at radius 3 is 2.45 bits per heavy atom. The van der Waals surface area contributed by atoms with Crippen molar-refractivity contribution in [2.45, 2.75) is 38.7 Å². The predicted octanol–water partition coefficient (Wildman–Crippen LogP) is 2.98. The van der Waals surface area contributed by atoms with Gasteiger partial charge in [0.05, 0.1) is 5.60 Å². The van der Waals surface area contributed by atoms with Crippen LogP contribution in [0.15, 0.2) is 0 Å². The smallest absolute Gasteiger partial charge is 0.0801 e. The van der Waals surface area contributed by atoms with Crippen molar-refractivity contribution in [1.29, 1.82) is 0 Å². The van der Waals surface area contributed by atoms with Crippen LogP contribution in [0.5, 0.6) is 0 Å². The summed E-state index contributed by atoms with van der Waals surface area (Å²) in [6, 6.07) is 0. The van der Waals surface area contributed by atoms with E-state index in [2.05, 4.69) is 29.8 Å². The normalized spacial score (nSPS) is 32.7. The molecule has 66 valence electrons. The Bertz CT molecular complexity index is 117. The van der Waals surface area contributed by atoms with Gasteiger partial charge in [0.15, 0.2) is 0 Å². The van der Waals surface area contributed by atoms with E-state index < -0.39 is 0 Å². The molecule has 0 amide bonds. The molecule has 0 radical (unpaired) electrons. The number of halogens is 1. The maximum Gasteiger partial charge on any atom is 0.0801 e. The molecule has 1 fully saturated rings. The zero-order valence-corrected chi connectivity index (χ0v) is 8.99. The minimum absolute atomic E-state index is 0.137. The summed E-state index contributed by atoms with van der Waals surface area (Å²) in [4.78, 5) is 0. The van der Waals surface area contributed by atoms with Crippen LogP contribution in [0.3, 0.4) is 0 Å². The van der Waals surface area contributed by atoms with Gasteiger partial charge in [-0.3, -0.25) is 0 Å². The molecule has 0 N–H and O–H groups in total. The van der Waals surface area contributed by atoms with Gasteiger partial charge in [-0.15, -0.1) is 0 Å². The monoisotopic (exact) mass is 220 g/mol. The van der Waals surface area contributed by atoms with E-state index in [0.29, 0.717) is 5.92 Å². The number of ether oxygens (including phenoxy) is 1. The third kappa shape index (κ3) is 1.97. The second kappa shape index (κ2) is 3.90. The van der Waals surface area contributed by atoms with Crippen molar-refractivity contribution in [1.82, 2.24) is 0 Å². The first-order valence-corrected chi connectivity index (χ1v) is 5.53. The number of alkyl halides is 1. The van der Waals surface area contributed by atoms with E-state index in [1.54, 1.807) is 0 Å². The molecule has 1 nitrogen and oxygen atoms in total. The third-order valence-electron chi connectivity index (χ3n) is 2.66. The van der Waals surface area contributed by atoms with Crippen LogP contribution in [-0.4, -0.2) is 17.5 Å². The molecule has 1 aliphatic rings. The SMILES string of the molecule is CC(C)C1(CBr)CCCCO1. The Labute approximate surface area is 77.6 Å². The number of rotatable bonds is 2. The van der Waals surface area contributed by atoms with Gasteiger partial charge < -0.3 is 4.74 Å². The zero-order chi connectivity index (χ0) is 8.32. The molecular weight excluding hydrogens is 204 g/mol. The highest BCUT2D eigenvalue weighted by Gasteiger charge is 2.35. The van der Waals surface area contributed by atoms with Crippen molar-refractivity contribution in [3.05, 3.63) is 0 Å². The molecule has 1 unspecified atom stereocenters. The summed E-state index contributed by atoms with van der Waals surface area (Å²) in [6.07, 6.45) is 3.78. The standard InChI is InChI=1S/C9H17BrO/c1-8(2)9(7-10)5-3-4-6-11-9/h8H,3-7H2,1-2H3. The average Bonchev–Trinajstić information content (AvgIpc) is 2.05. The van der Waals surface area contributed by atoms with Crippen LogP contribution in [0, 0.1) is 5.92 Å².